The molecule has 0 aliphatic carbocycles. The van der Waals surface area contributed by atoms with Crippen LogP contribution in [0.15, 0.2) is 40.2 Å². The molecule has 0 saturated heterocycles. The lowest BCUT2D eigenvalue weighted by molar-refractivity contribution is 0.224. The van der Waals surface area contributed by atoms with Crippen LogP contribution in [-0.4, -0.2) is 5.11 Å². The van der Waals surface area contributed by atoms with Crippen molar-refractivity contribution in [1.82, 2.24) is 0 Å². The Hall–Kier alpha value is -0.710. The van der Waals surface area contributed by atoms with E-state index < -0.39 is 6.10 Å². The number of aliphatic hydroxyl groups excluding tert-OH is 1. The van der Waals surface area contributed by atoms with E-state index in [-0.39, 0.29) is 5.82 Å². The van der Waals surface area contributed by atoms with Crippen LogP contribution in [0.4, 0.5) is 4.39 Å². The predicted octanol–water partition coefficient (Wildman–Crippen LogP) is 3.73. The van der Waals surface area contributed by atoms with Gasteiger partial charge in [0.15, 0.2) is 0 Å². The molecule has 0 aliphatic rings. The number of hydrogen-bond acceptors (Lipinski definition) is 2. The monoisotopic (exact) mass is 286 g/mol. The zero-order valence-corrected chi connectivity index (χ0v) is 10.1. The van der Waals surface area contributed by atoms with Gasteiger partial charge in [0.1, 0.15) is 11.9 Å². The van der Waals surface area contributed by atoms with Crippen LogP contribution < -0.4 is 0 Å². The SMILES string of the molecule is OC(c1ccc(F)cc1)c1cc(Br)cs1. The van der Waals surface area contributed by atoms with Gasteiger partial charge in [-0.15, -0.1) is 11.3 Å². The highest BCUT2D eigenvalue weighted by Gasteiger charge is 2.12. The Labute approximate surface area is 99.3 Å². The van der Waals surface area contributed by atoms with Crippen LogP contribution in [0, 0.1) is 5.82 Å². The molecule has 0 aliphatic heterocycles. The molecular weight excluding hydrogens is 279 g/mol. The van der Waals surface area contributed by atoms with Gasteiger partial charge in [-0.2, -0.15) is 0 Å². The number of aliphatic hydroxyl groups is 1. The number of halogens is 2. The first kappa shape index (κ1) is 10.8. The Kier molecular flexibility index (Phi) is 3.19. The second kappa shape index (κ2) is 4.43. The lowest BCUT2D eigenvalue weighted by Crippen LogP contribution is -1.96. The summed E-state index contributed by atoms with van der Waals surface area (Å²) in [6, 6.07) is 7.74. The third-order valence-electron chi connectivity index (χ3n) is 2.04. The van der Waals surface area contributed by atoms with Crippen LogP contribution in [0.5, 0.6) is 0 Å². The summed E-state index contributed by atoms with van der Waals surface area (Å²) >= 11 is 4.79. The Morgan fingerprint density at radius 3 is 2.47 bits per heavy atom. The molecule has 1 aromatic carbocycles. The van der Waals surface area contributed by atoms with E-state index in [0.717, 1.165) is 9.35 Å². The van der Waals surface area contributed by atoms with Gasteiger partial charge in [-0.25, -0.2) is 4.39 Å². The molecule has 0 amide bonds. The third-order valence-corrected chi connectivity index (χ3v) is 3.79. The van der Waals surface area contributed by atoms with Crippen LogP contribution in [-0.2, 0) is 0 Å². The van der Waals surface area contributed by atoms with Crippen molar-refractivity contribution in [2.75, 3.05) is 0 Å². The lowest BCUT2D eigenvalue weighted by atomic mass is 10.1. The fraction of sp³-hybridized carbons (Fsp3) is 0.0909. The average molecular weight is 287 g/mol. The van der Waals surface area contributed by atoms with Crippen LogP contribution in [0.3, 0.4) is 0 Å². The van der Waals surface area contributed by atoms with Crippen molar-refractivity contribution >= 4 is 27.3 Å². The highest BCUT2D eigenvalue weighted by Crippen LogP contribution is 2.29. The Balaban J connectivity index is 2.28. The van der Waals surface area contributed by atoms with E-state index in [4.69, 9.17) is 0 Å². The van der Waals surface area contributed by atoms with E-state index in [1.165, 1.54) is 23.5 Å². The van der Waals surface area contributed by atoms with Crippen LogP contribution >= 0.6 is 27.3 Å². The minimum Gasteiger partial charge on any atom is -0.383 e. The van der Waals surface area contributed by atoms with E-state index in [1.807, 2.05) is 11.4 Å². The standard InChI is InChI=1S/C11H8BrFOS/c12-8-5-10(15-6-8)11(14)7-1-3-9(13)4-2-7/h1-6,11,14H. The van der Waals surface area contributed by atoms with Crippen LogP contribution in [0.25, 0.3) is 0 Å². The summed E-state index contributed by atoms with van der Waals surface area (Å²) in [5.74, 6) is -0.293. The van der Waals surface area contributed by atoms with Crippen LogP contribution in [0.2, 0.25) is 0 Å². The molecule has 2 rings (SSSR count). The molecule has 15 heavy (non-hydrogen) atoms. The first-order chi connectivity index (χ1) is 7.16. The topological polar surface area (TPSA) is 20.2 Å². The number of benzene rings is 1. The summed E-state index contributed by atoms with van der Waals surface area (Å²) < 4.78 is 13.6. The first-order valence-corrected chi connectivity index (χ1v) is 6.01. The molecule has 1 atom stereocenters. The fourth-order valence-corrected chi connectivity index (χ4v) is 2.74. The Bertz CT molecular complexity index is 452. The van der Waals surface area contributed by atoms with Gasteiger partial charge < -0.3 is 5.11 Å². The minimum absolute atomic E-state index is 0.293. The molecule has 4 heteroatoms. The van der Waals surface area contributed by atoms with Gasteiger partial charge in [0.25, 0.3) is 0 Å². The van der Waals surface area contributed by atoms with Crippen molar-refractivity contribution in [2.24, 2.45) is 0 Å². The van der Waals surface area contributed by atoms with Gasteiger partial charge in [0.2, 0.25) is 0 Å². The predicted molar refractivity (Wildman–Crippen MR) is 62.5 cm³/mol. The van der Waals surface area contributed by atoms with Crippen molar-refractivity contribution < 1.29 is 9.50 Å². The van der Waals surface area contributed by atoms with Gasteiger partial charge in [-0.3, -0.25) is 0 Å². The fourth-order valence-electron chi connectivity index (χ4n) is 1.28. The second-order valence-electron chi connectivity index (χ2n) is 3.12. The number of thiophene rings is 1. The van der Waals surface area contributed by atoms with Gasteiger partial charge >= 0.3 is 0 Å². The summed E-state index contributed by atoms with van der Waals surface area (Å²) in [6.07, 6.45) is -0.679. The van der Waals surface area contributed by atoms with Crippen molar-refractivity contribution in [3.63, 3.8) is 0 Å². The molecule has 1 N–H and O–H groups in total. The van der Waals surface area contributed by atoms with E-state index in [9.17, 15) is 9.50 Å². The van der Waals surface area contributed by atoms with E-state index in [0.29, 0.717) is 5.56 Å². The van der Waals surface area contributed by atoms with Crippen molar-refractivity contribution in [1.29, 1.82) is 0 Å². The Morgan fingerprint density at radius 2 is 1.93 bits per heavy atom. The molecule has 0 bridgehead atoms. The van der Waals surface area contributed by atoms with Gasteiger partial charge in [0.05, 0.1) is 0 Å². The molecule has 0 radical (unpaired) electrons. The maximum absolute atomic E-state index is 12.7. The summed E-state index contributed by atoms with van der Waals surface area (Å²) in [5.41, 5.74) is 0.700. The van der Waals surface area contributed by atoms with E-state index >= 15 is 0 Å². The summed E-state index contributed by atoms with van der Waals surface area (Å²) in [5, 5.41) is 11.9. The average Bonchev–Trinajstić information content (AvgIpc) is 2.65. The normalized spacial score (nSPS) is 12.7. The molecule has 1 heterocycles. The molecule has 1 aromatic heterocycles. The summed E-state index contributed by atoms with van der Waals surface area (Å²) in [4.78, 5) is 0.841. The maximum Gasteiger partial charge on any atom is 0.123 e. The zero-order valence-electron chi connectivity index (χ0n) is 7.65. The number of hydrogen-bond donors (Lipinski definition) is 1. The van der Waals surface area contributed by atoms with Gasteiger partial charge in [0, 0.05) is 14.7 Å². The van der Waals surface area contributed by atoms with Crippen molar-refractivity contribution in [3.05, 3.63) is 56.4 Å². The molecule has 1 nitrogen and oxygen atoms in total. The zero-order chi connectivity index (χ0) is 10.8. The molecule has 0 spiro atoms. The largest absolute Gasteiger partial charge is 0.383 e. The summed E-state index contributed by atoms with van der Waals surface area (Å²) in [6.45, 7) is 0. The summed E-state index contributed by atoms with van der Waals surface area (Å²) in [7, 11) is 0. The molecular formula is C11H8BrFOS. The smallest absolute Gasteiger partial charge is 0.123 e. The van der Waals surface area contributed by atoms with Crippen LogP contribution in [0.1, 0.15) is 16.5 Å². The molecule has 1 unspecified atom stereocenters. The highest BCUT2D eigenvalue weighted by molar-refractivity contribution is 9.10. The maximum atomic E-state index is 12.7. The van der Waals surface area contributed by atoms with E-state index in [2.05, 4.69) is 15.9 Å². The minimum atomic E-state index is -0.679. The van der Waals surface area contributed by atoms with Crippen molar-refractivity contribution in [2.45, 2.75) is 6.10 Å². The quantitative estimate of drug-likeness (QED) is 0.892. The van der Waals surface area contributed by atoms with Gasteiger partial charge in [-0.05, 0) is 39.7 Å². The third kappa shape index (κ3) is 2.45. The number of rotatable bonds is 2. The van der Waals surface area contributed by atoms with Crippen molar-refractivity contribution in [3.8, 4) is 0 Å². The highest BCUT2D eigenvalue weighted by atomic mass is 79.9. The van der Waals surface area contributed by atoms with E-state index in [1.54, 1.807) is 12.1 Å². The molecule has 78 valence electrons. The molecule has 0 saturated carbocycles. The second-order valence-corrected chi connectivity index (χ2v) is 4.98. The van der Waals surface area contributed by atoms with Gasteiger partial charge in [-0.1, -0.05) is 12.1 Å². The molecule has 0 fully saturated rings. The molecule has 2 aromatic rings. The first-order valence-electron chi connectivity index (χ1n) is 4.34. The Morgan fingerprint density at radius 1 is 1.27 bits per heavy atom. The lowest BCUT2D eigenvalue weighted by Gasteiger charge is -2.08.